The summed E-state index contributed by atoms with van der Waals surface area (Å²) >= 11 is 0. The molecule has 1 aromatic carbocycles. The number of aromatic nitrogens is 1. The molecule has 0 aliphatic carbocycles. The number of nitrogens with zero attached hydrogens (tertiary/aromatic N) is 2. The molecule has 23 heavy (non-hydrogen) atoms. The van der Waals surface area contributed by atoms with Crippen LogP contribution in [-0.4, -0.2) is 35.7 Å². The van der Waals surface area contributed by atoms with Gasteiger partial charge in [-0.1, -0.05) is 12.1 Å². The molecule has 6 heteroatoms. The zero-order chi connectivity index (χ0) is 16.4. The van der Waals surface area contributed by atoms with E-state index < -0.39 is 0 Å². The smallest absolute Gasteiger partial charge is 0.261 e. The van der Waals surface area contributed by atoms with Gasteiger partial charge in [-0.15, -0.1) is 0 Å². The number of aryl methyl sites for hydroxylation is 1. The highest BCUT2D eigenvalue weighted by molar-refractivity contribution is 6.21. The molecule has 2 aromatic rings. The van der Waals surface area contributed by atoms with Gasteiger partial charge in [0, 0.05) is 25.2 Å². The first-order chi connectivity index (χ1) is 11.1. The van der Waals surface area contributed by atoms with Gasteiger partial charge in [0.1, 0.15) is 7.05 Å². The monoisotopic (exact) mass is 310 g/mol. The molecule has 0 radical (unpaired) electrons. The Morgan fingerprint density at radius 2 is 1.61 bits per heavy atom. The van der Waals surface area contributed by atoms with Crippen LogP contribution in [0.1, 0.15) is 31.1 Å². The van der Waals surface area contributed by atoms with Gasteiger partial charge in [0.25, 0.3) is 17.7 Å². The maximum absolute atomic E-state index is 12.2. The average molecular weight is 310 g/mol. The third-order valence-corrected chi connectivity index (χ3v) is 3.74. The standard InChI is InChI=1S/C17H15N3O3/c1-19-9-6-12(7-10-19)15(21)18-8-11-20-16(22)13-4-2-3-5-14(13)17(20)23/h2-7,9-10H,8,11H2,1H3/p+1. The van der Waals surface area contributed by atoms with E-state index in [9.17, 15) is 14.4 Å². The van der Waals surface area contributed by atoms with Gasteiger partial charge in [-0.25, -0.2) is 4.57 Å². The zero-order valence-corrected chi connectivity index (χ0v) is 12.7. The second-order valence-corrected chi connectivity index (χ2v) is 5.32. The molecular formula is C17H16N3O3+. The summed E-state index contributed by atoms with van der Waals surface area (Å²) in [4.78, 5) is 37.5. The van der Waals surface area contributed by atoms with Crippen molar-refractivity contribution in [2.45, 2.75) is 0 Å². The molecule has 1 N–H and O–H groups in total. The van der Waals surface area contributed by atoms with E-state index in [2.05, 4.69) is 5.32 Å². The number of imide groups is 1. The van der Waals surface area contributed by atoms with Gasteiger partial charge < -0.3 is 5.32 Å². The number of hydrogen-bond acceptors (Lipinski definition) is 3. The van der Waals surface area contributed by atoms with Gasteiger partial charge in [-0.05, 0) is 12.1 Å². The first kappa shape index (κ1) is 14.9. The molecule has 0 spiro atoms. The molecule has 2 heterocycles. The summed E-state index contributed by atoms with van der Waals surface area (Å²) in [6, 6.07) is 10.1. The fourth-order valence-electron chi connectivity index (χ4n) is 2.48. The van der Waals surface area contributed by atoms with E-state index in [1.807, 2.05) is 11.6 Å². The lowest BCUT2D eigenvalue weighted by molar-refractivity contribution is -0.671. The van der Waals surface area contributed by atoms with Crippen LogP contribution in [-0.2, 0) is 7.05 Å². The zero-order valence-electron chi connectivity index (χ0n) is 12.7. The Bertz CT molecular complexity index is 749. The van der Waals surface area contributed by atoms with E-state index >= 15 is 0 Å². The van der Waals surface area contributed by atoms with Gasteiger partial charge in [-0.2, -0.15) is 0 Å². The minimum Gasteiger partial charge on any atom is -0.350 e. The van der Waals surface area contributed by atoms with Crippen molar-refractivity contribution in [3.8, 4) is 0 Å². The molecule has 3 amide bonds. The molecule has 0 saturated heterocycles. The van der Waals surface area contributed by atoms with E-state index in [-0.39, 0.29) is 30.8 Å². The van der Waals surface area contributed by atoms with E-state index in [1.165, 1.54) is 0 Å². The van der Waals surface area contributed by atoms with Crippen molar-refractivity contribution in [1.29, 1.82) is 0 Å². The lowest BCUT2D eigenvalue weighted by Crippen LogP contribution is -2.38. The summed E-state index contributed by atoms with van der Waals surface area (Å²) in [5.74, 6) is -0.861. The minimum absolute atomic E-state index is 0.151. The van der Waals surface area contributed by atoms with Crippen LogP contribution in [0.25, 0.3) is 0 Å². The van der Waals surface area contributed by atoms with Gasteiger partial charge >= 0.3 is 0 Å². The molecule has 116 valence electrons. The molecule has 1 aromatic heterocycles. The highest BCUT2D eigenvalue weighted by atomic mass is 16.2. The lowest BCUT2D eigenvalue weighted by Gasteiger charge is -2.14. The molecule has 0 saturated carbocycles. The van der Waals surface area contributed by atoms with Crippen molar-refractivity contribution in [3.05, 3.63) is 65.5 Å². The van der Waals surface area contributed by atoms with E-state index in [1.54, 1.807) is 48.8 Å². The quantitative estimate of drug-likeness (QED) is 0.662. The van der Waals surface area contributed by atoms with Gasteiger partial charge in [0.05, 0.1) is 16.7 Å². The number of pyridine rings is 1. The third kappa shape index (κ3) is 2.83. The van der Waals surface area contributed by atoms with Crippen molar-refractivity contribution < 1.29 is 19.0 Å². The second kappa shape index (κ2) is 6.00. The molecule has 3 rings (SSSR count). The Balaban J connectivity index is 1.60. The fourth-order valence-corrected chi connectivity index (χ4v) is 2.48. The van der Waals surface area contributed by atoms with Crippen molar-refractivity contribution in [2.24, 2.45) is 7.05 Å². The number of rotatable bonds is 4. The topological polar surface area (TPSA) is 70.4 Å². The van der Waals surface area contributed by atoms with Gasteiger partial charge in [-0.3, -0.25) is 19.3 Å². The van der Waals surface area contributed by atoms with E-state index in [0.29, 0.717) is 16.7 Å². The molecule has 0 atom stereocenters. The lowest BCUT2D eigenvalue weighted by atomic mass is 10.1. The molecule has 1 aliphatic rings. The number of benzene rings is 1. The van der Waals surface area contributed by atoms with Crippen molar-refractivity contribution in [2.75, 3.05) is 13.1 Å². The molecule has 6 nitrogen and oxygen atoms in total. The summed E-state index contributed by atoms with van der Waals surface area (Å²) < 4.78 is 1.83. The minimum atomic E-state index is -0.313. The number of fused-ring (bicyclic) bond motifs is 1. The summed E-state index contributed by atoms with van der Waals surface area (Å²) in [5, 5.41) is 2.72. The largest absolute Gasteiger partial charge is 0.350 e. The molecule has 0 bridgehead atoms. The summed E-state index contributed by atoms with van der Waals surface area (Å²) in [5.41, 5.74) is 1.37. The average Bonchev–Trinajstić information content (AvgIpc) is 2.81. The molecule has 1 aliphatic heterocycles. The molecular weight excluding hydrogens is 294 g/mol. The highest BCUT2D eigenvalue weighted by Crippen LogP contribution is 2.21. The van der Waals surface area contributed by atoms with E-state index in [4.69, 9.17) is 0 Å². The van der Waals surface area contributed by atoms with Crippen LogP contribution in [0, 0.1) is 0 Å². The van der Waals surface area contributed by atoms with Crippen LogP contribution in [0.2, 0.25) is 0 Å². The predicted octanol–water partition coefficient (Wildman–Crippen LogP) is 0.537. The van der Waals surface area contributed by atoms with Crippen molar-refractivity contribution >= 4 is 17.7 Å². The Morgan fingerprint density at radius 1 is 1.04 bits per heavy atom. The number of hydrogen-bond donors (Lipinski definition) is 1. The van der Waals surface area contributed by atoms with Gasteiger partial charge in [0.15, 0.2) is 12.4 Å². The Labute approximate surface area is 133 Å². The van der Waals surface area contributed by atoms with Crippen LogP contribution in [0.4, 0.5) is 0 Å². The summed E-state index contributed by atoms with van der Waals surface area (Å²) in [7, 11) is 1.87. The maximum Gasteiger partial charge on any atom is 0.261 e. The molecule has 0 unspecified atom stereocenters. The number of carbonyl (C=O) groups excluding carboxylic acids is 3. The van der Waals surface area contributed by atoms with E-state index in [0.717, 1.165) is 4.90 Å². The number of carbonyl (C=O) groups is 3. The number of amides is 3. The maximum atomic E-state index is 12.2. The second-order valence-electron chi connectivity index (χ2n) is 5.32. The first-order valence-corrected chi connectivity index (χ1v) is 7.26. The Kier molecular flexibility index (Phi) is 3.89. The van der Waals surface area contributed by atoms with Crippen LogP contribution in [0.5, 0.6) is 0 Å². The van der Waals surface area contributed by atoms with Crippen LogP contribution < -0.4 is 9.88 Å². The highest BCUT2D eigenvalue weighted by Gasteiger charge is 2.34. The van der Waals surface area contributed by atoms with Crippen LogP contribution in [0.15, 0.2) is 48.8 Å². The molecule has 0 fully saturated rings. The van der Waals surface area contributed by atoms with Crippen molar-refractivity contribution in [1.82, 2.24) is 10.2 Å². The normalized spacial score (nSPS) is 13.2. The third-order valence-electron chi connectivity index (χ3n) is 3.74. The van der Waals surface area contributed by atoms with Gasteiger partial charge in [0.2, 0.25) is 0 Å². The summed E-state index contributed by atoms with van der Waals surface area (Å²) in [6.45, 7) is 0.365. The Morgan fingerprint density at radius 3 is 2.17 bits per heavy atom. The van der Waals surface area contributed by atoms with Crippen LogP contribution in [0.3, 0.4) is 0 Å². The van der Waals surface area contributed by atoms with Crippen LogP contribution >= 0.6 is 0 Å². The van der Waals surface area contributed by atoms with Crippen molar-refractivity contribution in [3.63, 3.8) is 0 Å². The SMILES string of the molecule is C[n+]1ccc(C(=O)NCCN2C(=O)c3ccccc3C2=O)cc1. The fraction of sp³-hybridized carbons (Fsp3) is 0.176. The summed E-state index contributed by atoms with van der Waals surface area (Å²) in [6.07, 6.45) is 3.55. The first-order valence-electron chi connectivity index (χ1n) is 7.26. The Hall–Kier alpha value is -3.02. The number of nitrogens with one attached hydrogen (secondary N) is 1. The predicted molar refractivity (Wildman–Crippen MR) is 81.8 cm³/mol.